The Morgan fingerprint density at radius 2 is 1.87 bits per heavy atom. The van der Waals surface area contributed by atoms with Crippen LogP contribution in [0, 0.1) is 5.92 Å². The van der Waals surface area contributed by atoms with E-state index >= 15 is 0 Å². The summed E-state index contributed by atoms with van der Waals surface area (Å²) in [4.78, 5) is 12.5. The average Bonchev–Trinajstić information content (AvgIpc) is 3.19. The molecule has 1 aromatic rings. The molecule has 30 heavy (non-hydrogen) atoms. The van der Waals surface area contributed by atoms with Crippen molar-refractivity contribution < 1.29 is 0 Å². The third-order valence-electron chi connectivity index (χ3n) is 6.30. The molecular weight excluding hydrogens is 372 g/mol. The summed E-state index contributed by atoms with van der Waals surface area (Å²) in [6, 6.07) is 11.4. The number of piperazine rings is 1. The van der Waals surface area contributed by atoms with E-state index in [1.54, 1.807) is 0 Å². The first-order valence-electron chi connectivity index (χ1n) is 11.8. The van der Waals surface area contributed by atoms with E-state index in [9.17, 15) is 0 Å². The Bertz CT molecular complexity index is 626. The van der Waals surface area contributed by atoms with E-state index in [0.29, 0.717) is 12.0 Å². The Hall–Kier alpha value is -1.63. The molecule has 3 rings (SSSR count). The van der Waals surface area contributed by atoms with Crippen molar-refractivity contribution in [3.63, 3.8) is 0 Å². The molecule has 0 aliphatic carbocycles. The number of aliphatic imine (C=N–C) groups is 1. The number of nitrogens with zero attached hydrogens (tertiary/aromatic N) is 4. The molecule has 6 nitrogen and oxygen atoms in total. The van der Waals surface area contributed by atoms with E-state index in [1.165, 1.54) is 51.1 Å². The average molecular weight is 415 g/mol. The van der Waals surface area contributed by atoms with E-state index in [4.69, 9.17) is 4.99 Å². The summed E-state index contributed by atoms with van der Waals surface area (Å²) in [5.41, 5.74) is 1.41. The van der Waals surface area contributed by atoms with Crippen LogP contribution in [0.3, 0.4) is 0 Å². The quantitative estimate of drug-likeness (QED) is 0.479. The van der Waals surface area contributed by atoms with Crippen LogP contribution < -0.4 is 10.6 Å². The van der Waals surface area contributed by atoms with Gasteiger partial charge in [-0.15, -0.1) is 0 Å². The molecule has 2 aliphatic rings. The van der Waals surface area contributed by atoms with Crippen LogP contribution >= 0.6 is 0 Å². The van der Waals surface area contributed by atoms with Gasteiger partial charge in [0, 0.05) is 64.9 Å². The Morgan fingerprint density at radius 3 is 2.60 bits per heavy atom. The van der Waals surface area contributed by atoms with Crippen molar-refractivity contribution >= 4 is 5.96 Å². The minimum Gasteiger partial charge on any atom is -0.357 e. The zero-order chi connectivity index (χ0) is 21.2. The lowest BCUT2D eigenvalue weighted by atomic mass is 10.1. The minimum absolute atomic E-state index is 0.574. The molecule has 0 aromatic heterocycles. The number of benzene rings is 1. The van der Waals surface area contributed by atoms with Crippen LogP contribution in [0.25, 0.3) is 0 Å². The van der Waals surface area contributed by atoms with E-state index < -0.39 is 0 Å². The second-order valence-corrected chi connectivity index (χ2v) is 9.06. The Kier molecular flexibility index (Phi) is 9.43. The third kappa shape index (κ3) is 7.56. The molecule has 2 fully saturated rings. The maximum Gasteiger partial charge on any atom is 0.191 e. The van der Waals surface area contributed by atoms with Gasteiger partial charge in [0.1, 0.15) is 0 Å². The van der Waals surface area contributed by atoms with Gasteiger partial charge in [0.05, 0.1) is 0 Å². The molecule has 6 heteroatoms. The van der Waals surface area contributed by atoms with Gasteiger partial charge < -0.3 is 20.4 Å². The Morgan fingerprint density at radius 1 is 1.10 bits per heavy atom. The monoisotopic (exact) mass is 414 g/mol. The molecule has 2 saturated heterocycles. The lowest BCUT2D eigenvalue weighted by Crippen LogP contribution is -2.46. The van der Waals surface area contributed by atoms with Crippen molar-refractivity contribution in [1.29, 1.82) is 0 Å². The molecule has 2 atom stereocenters. The van der Waals surface area contributed by atoms with Crippen LogP contribution in [0.15, 0.2) is 35.3 Å². The first-order valence-corrected chi connectivity index (χ1v) is 11.8. The van der Waals surface area contributed by atoms with Gasteiger partial charge in [-0.2, -0.15) is 0 Å². The number of rotatable bonds is 9. The fraction of sp³-hybridized carbons (Fsp3) is 0.708. The molecule has 1 aromatic carbocycles. The largest absolute Gasteiger partial charge is 0.357 e. The number of hydrogen-bond donors (Lipinski definition) is 2. The van der Waals surface area contributed by atoms with Crippen molar-refractivity contribution in [3.8, 4) is 0 Å². The highest BCUT2D eigenvalue weighted by Gasteiger charge is 2.24. The molecule has 0 bridgehead atoms. The molecule has 0 amide bonds. The normalized spacial score (nSPS) is 22.9. The van der Waals surface area contributed by atoms with Crippen molar-refractivity contribution in [2.24, 2.45) is 10.9 Å². The summed E-state index contributed by atoms with van der Waals surface area (Å²) < 4.78 is 0. The zero-order valence-corrected chi connectivity index (χ0v) is 19.3. The maximum absolute atomic E-state index is 4.90. The molecule has 2 unspecified atom stereocenters. The summed E-state index contributed by atoms with van der Waals surface area (Å²) in [6.07, 6.45) is 2.55. The van der Waals surface area contributed by atoms with Crippen LogP contribution in [0.5, 0.6) is 0 Å². The van der Waals surface area contributed by atoms with E-state index in [-0.39, 0.29) is 0 Å². The molecule has 0 saturated carbocycles. The predicted molar refractivity (Wildman–Crippen MR) is 127 cm³/mol. The highest BCUT2D eigenvalue weighted by atomic mass is 15.3. The van der Waals surface area contributed by atoms with Gasteiger partial charge in [-0.1, -0.05) is 37.3 Å². The van der Waals surface area contributed by atoms with E-state index in [0.717, 1.165) is 38.7 Å². The molecule has 0 radical (unpaired) electrons. The van der Waals surface area contributed by atoms with Crippen LogP contribution in [-0.4, -0.2) is 92.7 Å². The van der Waals surface area contributed by atoms with Gasteiger partial charge in [0.15, 0.2) is 5.96 Å². The second-order valence-electron chi connectivity index (χ2n) is 9.06. The van der Waals surface area contributed by atoms with Gasteiger partial charge in [0.25, 0.3) is 0 Å². The Balaban J connectivity index is 1.44. The first kappa shape index (κ1) is 23.0. The van der Waals surface area contributed by atoms with Crippen molar-refractivity contribution in [3.05, 3.63) is 35.9 Å². The van der Waals surface area contributed by atoms with Gasteiger partial charge in [0.2, 0.25) is 0 Å². The maximum atomic E-state index is 4.90. The van der Waals surface area contributed by atoms with Gasteiger partial charge in [-0.3, -0.25) is 9.89 Å². The number of hydrogen-bond acceptors (Lipinski definition) is 4. The summed E-state index contributed by atoms with van der Waals surface area (Å²) in [5.74, 6) is 1.54. The topological polar surface area (TPSA) is 46.1 Å². The van der Waals surface area contributed by atoms with Crippen molar-refractivity contribution in [2.45, 2.75) is 39.3 Å². The van der Waals surface area contributed by atoms with Crippen molar-refractivity contribution in [2.75, 3.05) is 66.0 Å². The number of likely N-dealkylation sites (tertiary alicyclic amines) is 1. The fourth-order valence-electron chi connectivity index (χ4n) is 4.48. The minimum atomic E-state index is 0.574. The van der Waals surface area contributed by atoms with Gasteiger partial charge >= 0.3 is 0 Å². The van der Waals surface area contributed by atoms with Gasteiger partial charge in [-0.25, -0.2) is 0 Å². The van der Waals surface area contributed by atoms with Gasteiger partial charge in [-0.05, 0) is 44.8 Å². The molecule has 2 aliphatic heterocycles. The fourth-order valence-corrected chi connectivity index (χ4v) is 4.48. The third-order valence-corrected chi connectivity index (χ3v) is 6.30. The van der Waals surface area contributed by atoms with E-state index in [1.807, 2.05) is 0 Å². The molecule has 2 heterocycles. The van der Waals surface area contributed by atoms with Crippen LogP contribution in [0.4, 0.5) is 0 Å². The predicted octanol–water partition coefficient (Wildman–Crippen LogP) is 2.09. The highest BCUT2D eigenvalue weighted by Crippen LogP contribution is 2.19. The second kappa shape index (κ2) is 12.3. The van der Waals surface area contributed by atoms with E-state index in [2.05, 4.69) is 76.6 Å². The number of likely N-dealkylation sites (N-methyl/N-ethyl adjacent to an activating group) is 1. The number of guanidine groups is 1. The zero-order valence-electron chi connectivity index (χ0n) is 19.3. The van der Waals surface area contributed by atoms with Crippen molar-refractivity contribution in [1.82, 2.24) is 25.3 Å². The summed E-state index contributed by atoms with van der Waals surface area (Å²) in [5, 5.41) is 7.06. The summed E-state index contributed by atoms with van der Waals surface area (Å²) in [7, 11) is 2.21. The molecule has 0 spiro atoms. The highest BCUT2D eigenvalue weighted by molar-refractivity contribution is 5.79. The van der Waals surface area contributed by atoms with Crippen LogP contribution in [-0.2, 0) is 6.54 Å². The molecule has 2 N–H and O–H groups in total. The molecular formula is C24H42N6. The lowest BCUT2D eigenvalue weighted by Gasteiger charge is -2.33. The smallest absolute Gasteiger partial charge is 0.191 e. The standard InChI is InChI=1S/C24H42N6/c1-4-25-24(26-17-21(2)19-29-15-13-28(3)14-16-29)27-18-23-11-8-12-30(23)20-22-9-6-5-7-10-22/h5-7,9-10,21,23H,4,8,11-20H2,1-3H3,(H2,25,26,27). The molecule has 168 valence electrons. The Labute approximate surface area is 183 Å². The summed E-state index contributed by atoms with van der Waals surface area (Å²) in [6.45, 7) is 15.3. The SMILES string of the molecule is CCNC(=NCC(C)CN1CCN(C)CC1)NCC1CCCN1Cc1ccccc1. The van der Waals surface area contributed by atoms with Crippen LogP contribution in [0.1, 0.15) is 32.3 Å². The lowest BCUT2D eigenvalue weighted by molar-refractivity contribution is 0.140. The summed E-state index contributed by atoms with van der Waals surface area (Å²) >= 11 is 0. The number of nitrogens with one attached hydrogen (secondary N) is 2. The first-order chi connectivity index (χ1) is 14.6. The van der Waals surface area contributed by atoms with Crippen LogP contribution in [0.2, 0.25) is 0 Å².